The third kappa shape index (κ3) is 4.32. The highest BCUT2D eigenvalue weighted by molar-refractivity contribution is 7.74. The number of fused-ring (bicyclic) bond motifs is 1. The molecule has 0 spiro atoms. The van der Waals surface area contributed by atoms with Gasteiger partial charge in [-0.1, -0.05) is 6.07 Å². The zero-order valence-electron chi connectivity index (χ0n) is 16.7. The van der Waals surface area contributed by atoms with Crippen molar-refractivity contribution in [1.82, 2.24) is 15.0 Å². The Morgan fingerprint density at radius 3 is 2.53 bits per heavy atom. The lowest BCUT2D eigenvalue weighted by Crippen LogP contribution is -2.33. The lowest BCUT2D eigenvalue weighted by Gasteiger charge is -2.34. The molecule has 1 unspecified atom stereocenters. The fourth-order valence-corrected chi connectivity index (χ4v) is 4.25. The molecule has 4 rings (SSSR count). The van der Waals surface area contributed by atoms with Crippen LogP contribution in [0.4, 0.5) is 20.5 Å². The molecule has 1 N–H and O–H groups in total. The Bertz CT molecular complexity index is 1230. The van der Waals surface area contributed by atoms with E-state index in [0.717, 1.165) is 21.5 Å². The minimum Gasteiger partial charge on any atom is -0.475 e. The van der Waals surface area contributed by atoms with E-state index in [9.17, 15) is 22.0 Å². The van der Waals surface area contributed by atoms with Crippen LogP contribution in [-0.4, -0.2) is 41.1 Å². The maximum absolute atomic E-state index is 13.6. The molecule has 3 aromatic rings. The molecule has 0 radical (unpaired) electrons. The van der Waals surface area contributed by atoms with E-state index < -0.39 is 40.3 Å². The van der Waals surface area contributed by atoms with Crippen molar-refractivity contribution in [2.75, 3.05) is 10.8 Å². The molecule has 168 valence electrons. The summed E-state index contributed by atoms with van der Waals surface area (Å²) >= 11 is 0. The summed E-state index contributed by atoms with van der Waals surface area (Å²) in [5.74, 6) is -3.42. The Hall–Kier alpha value is -3.38. The van der Waals surface area contributed by atoms with Gasteiger partial charge in [0, 0.05) is 25.2 Å². The van der Waals surface area contributed by atoms with Gasteiger partial charge in [0.15, 0.2) is 0 Å². The number of carboxylic acid groups (broad SMARTS) is 1. The molecule has 1 aliphatic rings. The second-order valence-corrected chi connectivity index (χ2v) is 8.18. The Morgan fingerprint density at radius 2 is 1.91 bits per heavy atom. The molecule has 9 nitrogen and oxygen atoms in total. The van der Waals surface area contributed by atoms with Gasteiger partial charge in [0.25, 0.3) is 5.82 Å². The van der Waals surface area contributed by atoms with E-state index in [4.69, 9.17) is 9.63 Å². The molecule has 2 heterocycles. The van der Waals surface area contributed by atoms with Crippen molar-refractivity contribution in [3.05, 3.63) is 70.5 Å². The van der Waals surface area contributed by atoms with Crippen molar-refractivity contribution < 1.29 is 31.6 Å². The van der Waals surface area contributed by atoms with Gasteiger partial charge in [0.05, 0.1) is 5.69 Å². The number of nitrogens with zero attached hydrogens (tertiary/aromatic N) is 4. The minimum atomic E-state index is -3.26. The third-order valence-corrected chi connectivity index (χ3v) is 6.07. The largest absolute Gasteiger partial charge is 0.475 e. The molecule has 1 aliphatic heterocycles. The molecule has 0 saturated carbocycles. The van der Waals surface area contributed by atoms with Crippen LogP contribution in [0.3, 0.4) is 0 Å². The van der Waals surface area contributed by atoms with Gasteiger partial charge in [0.1, 0.15) is 11.6 Å². The summed E-state index contributed by atoms with van der Waals surface area (Å²) in [6.45, 7) is 2.91. The second-order valence-electron chi connectivity index (χ2n) is 7.31. The molecule has 2 aromatic carbocycles. The van der Waals surface area contributed by atoms with E-state index in [2.05, 4.69) is 10.1 Å². The first-order valence-corrected chi connectivity index (χ1v) is 10.7. The summed E-state index contributed by atoms with van der Waals surface area (Å²) in [7, 11) is -3.26. The predicted octanol–water partition coefficient (Wildman–Crippen LogP) is 2.83. The number of anilines is 2. The molecule has 1 atom stereocenters. The average Bonchev–Trinajstić information content (AvgIpc) is 3.22. The van der Waals surface area contributed by atoms with Crippen LogP contribution in [0.2, 0.25) is 0 Å². The molecule has 1 aromatic heterocycles. The van der Waals surface area contributed by atoms with Crippen LogP contribution < -0.4 is 4.31 Å². The number of benzene rings is 2. The molecule has 12 heteroatoms. The number of carbonyl (C=O) groups is 1. The number of thiol groups is 1. The second kappa shape index (κ2) is 8.63. The number of hydrogen-bond acceptors (Lipinski definition) is 7. The van der Waals surface area contributed by atoms with Crippen LogP contribution in [0.1, 0.15) is 40.3 Å². The lowest BCUT2D eigenvalue weighted by atomic mass is 9.96. The van der Waals surface area contributed by atoms with E-state index in [1.807, 2.05) is 11.8 Å². The van der Waals surface area contributed by atoms with E-state index in [1.165, 1.54) is 12.1 Å². The minimum absolute atomic E-state index is 0.201. The standard InChI is InChI=1S/C20H18F2N4O5S/c1-11(13-6-15(21)9-16(22)7-13)25-5-4-12-2-3-17(8-14(12)10-25)26(32(29)30)20-23-18(19(27)28)24-31-20/h2-3,6-9,11,32H,4-5,10H2,1H3,(H,27,28). The Kier molecular flexibility index (Phi) is 5.89. The van der Waals surface area contributed by atoms with Gasteiger partial charge in [-0.05, 0) is 59.5 Å². The Morgan fingerprint density at radius 1 is 1.19 bits per heavy atom. The van der Waals surface area contributed by atoms with Crippen LogP contribution in [-0.2, 0) is 23.9 Å². The number of rotatable bonds is 6. The smallest absolute Gasteiger partial charge is 0.377 e. The first kappa shape index (κ1) is 21.8. The molecular formula is C20H18F2N4O5S. The number of hydrogen-bond donors (Lipinski definition) is 2. The summed E-state index contributed by atoms with van der Waals surface area (Å²) in [5, 5.41) is 12.2. The van der Waals surface area contributed by atoms with Crippen LogP contribution >= 0.6 is 0 Å². The zero-order chi connectivity index (χ0) is 23.0. The maximum Gasteiger partial charge on any atom is 0.377 e. The van der Waals surface area contributed by atoms with Crippen molar-refractivity contribution in [2.45, 2.75) is 25.9 Å². The molecule has 0 bridgehead atoms. The molecule has 32 heavy (non-hydrogen) atoms. The summed E-state index contributed by atoms with van der Waals surface area (Å²) < 4.78 is 56.6. The van der Waals surface area contributed by atoms with Crippen molar-refractivity contribution in [3.63, 3.8) is 0 Å². The molecular weight excluding hydrogens is 446 g/mol. The van der Waals surface area contributed by atoms with Gasteiger partial charge in [0.2, 0.25) is 10.9 Å². The summed E-state index contributed by atoms with van der Waals surface area (Å²) in [6, 6.07) is 7.60. The van der Waals surface area contributed by atoms with Crippen LogP contribution in [0.5, 0.6) is 0 Å². The van der Waals surface area contributed by atoms with Crippen molar-refractivity contribution in [2.24, 2.45) is 0 Å². The Balaban J connectivity index is 1.63. The zero-order valence-corrected chi connectivity index (χ0v) is 17.6. The Labute approximate surface area is 183 Å². The molecule has 0 fully saturated rings. The normalized spacial score (nSPS) is 14.9. The summed E-state index contributed by atoms with van der Waals surface area (Å²) in [6.07, 6.45) is 0.658. The molecule has 0 aliphatic carbocycles. The van der Waals surface area contributed by atoms with E-state index in [-0.39, 0.29) is 11.7 Å². The number of carboxylic acids is 1. The van der Waals surface area contributed by atoms with Crippen LogP contribution in [0.25, 0.3) is 0 Å². The topological polar surface area (TPSA) is 117 Å². The van der Waals surface area contributed by atoms with Crippen LogP contribution in [0.15, 0.2) is 40.9 Å². The van der Waals surface area contributed by atoms with Gasteiger partial charge in [-0.15, -0.1) is 0 Å². The van der Waals surface area contributed by atoms with E-state index in [0.29, 0.717) is 25.1 Å². The highest BCUT2D eigenvalue weighted by atomic mass is 32.2. The van der Waals surface area contributed by atoms with Crippen molar-refractivity contribution in [3.8, 4) is 0 Å². The van der Waals surface area contributed by atoms with Crippen molar-refractivity contribution in [1.29, 1.82) is 0 Å². The number of aromatic carboxylic acids is 1. The van der Waals surface area contributed by atoms with Gasteiger partial charge in [-0.3, -0.25) is 4.90 Å². The summed E-state index contributed by atoms with van der Waals surface area (Å²) in [4.78, 5) is 16.6. The van der Waals surface area contributed by atoms with Gasteiger partial charge in [-0.2, -0.15) is 9.29 Å². The summed E-state index contributed by atoms with van der Waals surface area (Å²) in [5.41, 5.74) is 2.52. The fourth-order valence-electron chi connectivity index (χ4n) is 3.72. The van der Waals surface area contributed by atoms with Gasteiger partial charge >= 0.3 is 12.0 Å². The van der Waals surface area contributed by atoms with Gasteiger partial charge in [-0.25, -0.2) is 22.0 Å². The highest BCUT2D eigenvalue weighted by Crippen LogP contribution is 2.32. The van der Waals surface area contributed by atoms with Crippen molar-refractivity contribution >= 4 is 28.6 Å². The highest BCUT2D eigenvalue weighted by Gasteiger charge is 2.26. The monoisotopic (exact) mass is 464 g/mol. The quantitative estimate of drug-likeness (QED) is 0.535. The van der Waals surface area contributed by atoms with Crippen LogP contribution in [0, 0.1) is 11.6 Å². The molecule has 0 amide bonds. The average molecular weight is 464 g/mol. The molecule has 0 saturated heterocycles. The third-order valence-electron chi connectivity index (χ3n) is 5.34. The number of aromatic nitrogens is 2. The maximum atomic E-state index is 13.6. The van der Waals surface area contributed by atoms with E-state index >= 15 is 0 Å². The SMILES string of the molecule is CC(c1cc(F)cc(F)c1)N1CCc2ccc(N(c3nc(C(=O)O)no3)[SH](=O)=O)cc2C1. The van der Waals surface area contributed by atoms with Gasteiger partial charge < -0.3 is 9.63 Å². The lowest BCUT2D eigenvalue weighted by molar-refractivity contribution is 0.0680. The number of halogens is 2. The first-order valence-electron chi connectivity index (χ1n) is 9.56. The fraction of sp³-hybridized carbons (Fsp3) is 0.250. The van der Waals surface area contributed by atoms with E-state index in [1.54, 1.807) is 18.2 Å². The predicted molar refractivity (Wildman–Crippen MR) is 109 cm³/mol. The first-order chi connectivity index (χ1) is 15.2.